The van der Waals surface area contributed by atoms with Gasteiger partial charge in [-0.3, -0.25) is 0 Å². The minimum atomic E-state index is 0.135. The van der Waals surface area contributed by atoms with Gasteiger partial charge in [0.15, 0.2) is 0 Å². The summed E-state index contributed by atoms with van der Waals surface area (Å²) in [5.74, 6) is 1.44. The molecule has 4 N–H and O–H groups in total. The van der Waals surface area contributed by atoms with E-state index in [-0.39, 0.29) is 11.7 Å². The first kappa shape index (κ1) is 26.4. The zero-order valence-corrected chi connectivity index (χ0v) is 18.9. The third kappa shape index (κ3) is 8.64. The molecule has 0 saturated heterocycles. The lowest BCUT2D eigenvalue weighted by atomic mass is 10.3. The van der Waals surface area contributed by atoms with Gasteiger partial charge in [0.2, 0.25) is 17.8 Å². The van der Waals surface area contributed by atoms with Crippen molar-refractivity contribution in [1.82, 2.24) is 15.0 Å². The Morgan fingerprint density at radius 3 is 1.67 bits per heavy atom. The van der Waals surface area contributed by atoms with Crippen molar-refractivity contribution in [2.24, 2.45) is 0 Å². The van der Waals surface area contributed by atoms with Crippen LogP contribution in [-0.2, 0) is 0 Å². The first-order chi connectivity index (χ1) is 14.4. The van der Waals surface area contributed by atoms with Gasteiger partial charge >= 0.3 is 0 Å². The highest BCUT2D eigenvalue weighted by molar-refractivity contribution is 5.64. The van der Waals surface area contributed by atoms with E-state index in [0.29, 0.717) is 23.3 Å². The summed E-state index contributed by atoms with van der Waals surface area (Å²) >= 11 is 0. The fourth-order valence-electron chi connectivity index (χ4n) is 2.00. The summed E-state index contributed by atoms with van der Waals surface area (Å²) in [4.78, 5) is 15.8. The van der Waals surface area contributed by atoms with Crippen molar-refractivity contribution >= 4 is 23.5 Å². The van der Waals surface area contributed by atoms with Gasteiger partial charge in [-0.2, -0.15) is 15.0 Å². The topological polar surface area (TPSA) is 112 Å². The average molecular weight is 415 g/mol. The second-order valence-corrected chi connectivity index (χ2v) is 5.57. The number of nitrogens with two attached hydrogens (primary N) is 1. The van der Waals surface area contributed by atoms with Crippen molar-refractivity contribution in [3.05, 3.63) is 54.6 Å². The van der Waals surface area contributed by atoms with Crippen LogP contribution in [0.3, 0.4) is 0 Å². The van der Waals surface area contributed by atoms with Crippen LogP contribution < -0.4 is 15.5 Å². The zero-order chi connectivity index (χ0) is 23.1. The zero-order valence-electron chi connectivity index (χ0n) is 18.9. The molecule has 0 aliphatic rings. The summed E-state index contributed by atoms with van der Waals surface area (Å²) in [7, 11) is 5.39. The van der Waals surface area contributed by atoms with Gasteiger partial charge in [-0.15, -0.1) is 0 Å². The number of phenolic OH excluding ortho intramolecular Hbond substituents is 2. The number of hydrogen-bond donors (Lipinski definition) is 3. The van der Waals surface area contributed by atoms with Crippen LogP contribution in [0, 0.1) is 0 Å². The Kier molecular flexibility index (Phi) is 12.7. The maximum absolute atomic E-state index is 9.84. The first-order valence-corrected chi connectivity index (χ1v) is 9.83. The van der Waals surface area contributed by atoms with Gasteiger partial charge in [-0.1, -0.05) is 58.0 Å². The fraction of sp³-hybridized carbons (Fsp3) is 0.318. The maximum Gasteiger partial charge on any atom is 0.236 e. The van der Waals surface area contributed by atoms with Gasteiger partial charge in [0.1, 0.15) is 11.5 Å². The molecular formula is C22H34N6O2. The molecule has 0 fully saturated rings. The van der Waals surface area contributed by atoms with Crippen molar-refractivity contribution < 1.29 is 10.2 Å². The largest absolute Gasteiger partial charge is 0.508 e. The number of aromatic hydroxyl groups is 2. The highest BCUT2D eigenvalue weighted by Gasteiger charge is 2.14. The smallest absolute Gasteiger partial charge is 0.236 e. The lowest BCUT2D eigenvalue weighted by Crippen LogP contribution is -2.19. The minimum absolute atomic E-state index is 0.135. The van der Waals surface area contributed by atoms with Crippen LogP contribution >= 0.6 is 0 Å². The van der Waals surface area contributed by atoms with Crippen molar-refractivity contribution in [2.75, 3.05) is 36.7 Å². The monoisotopic (exact) mass is 414 g/mol. The lowest BCUT2D eigenvalue weighted by molar-refractivity contribution is 0.475. The van der Waals surface area contributed by atoms with Crippen LogP contribution in [0.15, 0.2) is 54.6 Å². The molecule has 1 heterocycles. The molecule has 0 amide bonds. The van der Waals surface area contributed by atoms with Crippen LogP contribution in [0.25, 0.3) is 0 Å². The molecule has 0 bridgehead atoms. The summed E-state index contributed by atoms with van der Waals surface area (Å²) in [5.41, 5.74) is 6.27. The second kappa shape index (κ2) is 14.4. The summed E-state index contributed by atoms with van der Waals surface area (Å²) in [6, 6.07) is 15.7. The number of hydrogen-bond acceptors (Lipinski definition) is 8. The van der Waals surface area contributed by atoms with Crippen molar-refractivity contribution in [2.45, 2.75) is 27.7 Å². The SMILES string of the molecule is CC.CC.CN(C)c1nc(N)nc(N(C)c2ccccc2O)n1.Oc1ccccc1. The van der Waals surface area contributed by atoms with E-state index in [0.717, 1.165) is 0 Å². The molecule has 3 rings (SSSR count). The molecule has 8 heteroatoms. The Hall–Kier alpha value is -3.55. The van der Waals surface area contributed by atoms with Gasteiger partial charge in [0.25, 0.3) is 0 Å². The van der Waals surface area contributed by atoms with E-state index in [4.69, 9.17) is 10.8 Å². The van der Waals surface area contributed by atoms with E-state index in [9.17, 15) is 5.11 Å². The van der Waals surface area contributed by atoms with Gasteiger partial charge < -0.3 is 25.7 Å². The standard InChI is InChI=1S/C12H16N6O.C6H6O.2C2H6/c1-17(2)11-14-10(13)15-12(16-11)18(3)8-6-4-5-7-9(8)19;7-6-4-2-1-3-5-6;2*1-2/h4-7,19H,1-3H3,(H2,13,14,15,16);1-5,7H;2*1-2H3. The number of para-hydroxylation sites is 3. The quantitative estimate of drug-likeness (QED) is 0.577. The van der Waals surface area contributed by atoms with Crippen LogP contribution in [0.5, 0.6) is 11.5 Å². The second-order valence-electron chi connectivity index (χ2n) is 5.57. The molecule has 0 aliphatic heterocycles. The third-order valence-electron chi connectivity index (χ3n) is 3.33. The molecule has 0 radical (unpaired) electrons. The Morgan fingerprint density at radius 1 is 0.700 bits per heavy atom. The van der Waals surface area contributed by atoms with Gasteiger partial charge in [-0.25, -0.2) is 0 Å². The molecule has 0 atom stereocenters. The number of phenols is 2. The summed E-state index contributed by atoms with van der Waals surface area (Å²) in [6.45, 7) is 8.00. The molecule has 2 aromatic carbocycles. The van der Waals surface area contributed by atoms with Crippen LogP contribution in [0.4, 0.5) is 23.5 Å². The summed E-state index contributed by atoms with van der Waals surface area (Å²) in [5, 5.41) is 18.5. The van der Waals surface area contributed by atoms with E-state index in [1.165, 1.54) is 0 Å². The summed E-state index contributed by atoms with van der Waals surface area (Å²) in [6.07, 6.45) is 0. The van der Waals surface area contributed by atoms with E-state index >= 15 is 0 Å². The van der Waals surface area contributed by atoms with Gasteiger partial charge in [0.05, 0.1) is 5.69 Å². The number of benzene rings is 2. The molecule has 8 nitrogen and oxygen atoms in total. The van der Waals surface area contributed by atoms with Crippen molar-refractivity contribution in [1.29, 1.82) is 0 Å². The fourth-order valence-corrected chi connectivity index (χ4v) is 2.00. The minimum Gasteiger partial charge on any atom is -0.508 e. The Morgan fingerprint density at radius 2 is 1.20 bits per heavy atom. The van der Waals surface area contributed by atoms with Crippen LogP contribution in [0.2, 0.25) is 0 Å². The molecule has 0 aliphatic carbocycles. The van der Waals surface area contributed by atoms with E-state index in [1.807, 2.05) is 53.9 Å². The third-order valence-corrected chi connectivity index (χ3v) is 3.33. The highest BCUT2D eigenvalue weighted by atomic mass is 16.3. The van der Waals surface area contributed by atoms with Crippen molar-refractivity contribution in [3.63, 3.8) is 0 Å². The first-order valence-electron chi connectivity index (χ1n) is 9.83. The van der Waals surface area contributed by atoms with Gasteiger partial charge in [-0.05, 0) is 24.3 Å². The maximum atomic E-state index is 9.84. The molecule has 3 aromatic rings. The van der Waals surface area contributed by atoms with Crippen LogP contribution in [0.1, 0.15) is 27.7 Å². The number of rotatable bonds is 3. The van der Waals surface area contributed by atoms with Gasteiger partial charge in [0, 0.05) is 21.1 Å². The van der Waals surface area contributed by atoms with E-state index < -0.39 is 0 Å². The number of aromatic nitrogens is 3. The normalized spacial score (nSPS) is 8.90. The molecule has 0 unspecified atom stereocenters. The molecule has 30 heavy (non-hydrogen) atoms. The lowest BCUT2D eigenvalue weighted by Gasteiger charge is -2.20. The average Bonchev–Trinajstić information content (AvgIpc) is 2.77. The summed E-state index contributed by atoms with van der Waals surface area (Å²) < 4.78 is 0. The molecule has 0 spiro atoms. The number of anilines is 4. The molecule has 164 valence electrons. The van der Waals surface area contributed by atoms with E-state index in [2.05, 4.69) is 15.0 Å². The Balaban J connectivity index is 0.000000636. The number of nitrogens with zero attached hydrogens (tertiary/aromatic N) is 5. The predicted molar refractivity (Wildman–Crippen MR) is 126 cm³/mol. The highest BCUT2D eigenvalue weighted by Crippen LogP contribution is 2.29. The van der Waals surface area contributed by atoms with E-state index in [1.54, 1.807) is 59.3 Å². The molecular weight excluding hydrogens is 380 g/mol. The Bertz CT molecular complexity index is 844. The van der Waals surface area contributed by atoms with Crippen LogP contribution in [-0.4, -0.2) is 46.3 Å². The van der Waals surface area contributed by atoms with Crippen molar-refractivity contribution in [3.8, 4) is 11.5 Å². The molecule has 1 aromatic heterocycles. The predicted octanol–water partition coefficient (Wildman–Crippen LogP) is 4.44. The Labute approximate surface area is 179 Å². The number of nitrogen functional groups attached to an aromatic ring is 1. The molecule has 0 saturated carbocycles.